The molecule has 0 aliphatic carbocycles. The van der Waals surface area contributed by atoms with E-state index in [0.29, 0.717) is 0 Å². The lowest BCUT2D eigenvalue weighted by atomic mass is 10.4. The molecule has 1 aromatic rings. The highest BCUT2D eigenvalue weighted by Gasteiger charge is 2.21. The SMILES string of the molecule is Cc1sc(N2CCOCC2)nc1N1CCOCC1. The summed E-state index contributed by atoms with van der Waals surface area (Å²) in [5, 5.41) is 1.14. The molecule has 3 heterocycles. The number of aromatic nitrogens is 1. The Morgan fingerprint density at radius 2 is 1.50 bits per heavy atom. The molecule has 1 aromatic heterocycles. The summed E-state index contributed by atoms with van der Waals surface area (Å²) in [5.74, 6) is 1.14. The molecule has 0 unspecified atom stereocenters. The Labute approximate surface area is 111 Å². The summed E-state index contributed by atoms with van der Waals surface area (Å²) in [6.45, 7) is 9.21. The lowest BCUT2D eigenvalue weighted by Gasteiger charge is -2.28. The molecule has 0 N–H and O–H groups in total. The summed E-state index contributed by atoms with van der Waals surface area (Å²) >= 11 is 1.79. The van der Waals surface area contributed by atoms with E-state index < -0.39 is 0 Å². The second-order valence-corrected chi connectivity index (χ2v) is 5.76. The normalized spacial score (nSPS) is 21.4. The molecule has 18 heavy (non-hydrogen) atoms. The number of thiazole rings is 1. The molecule has 0 saturated carbocycles. The van der Waals surface area contributed by atoms with Crippen molar-refractivity contribution >= 4 is 22.3 Å². The van der Waals surface area contributed by atoms with E-state index in [9.17, 15) is 0 Å². The molecule has 3 rings (SSSR count). The van der Waals surface area contributed by atoms with Crippen molar-refractivity contribution in [2.24, 2.45) is 0 Å². The second-order valence-electron chi connectivity index (χ2n) is 4.58. The van der Waals surface area contributed by atoms with Gasteiger partial charge in [-0.2, -0.15) is 0 Å². The minimum atomic E-state index is 0.809. The summed E-state index contributed by atoms with van der Waals surface area (Å²) in [7, 11) is 0. The Morgan fingerprint density at radius 1 is 0.944 bits per heavy atom. The van der Waals surface area contributed by atoms with Gasteiger partial charge in [0.25, 0.3) is 0 Å². The Morgan fingerprint density at radius 3 is 2.11 bits per heavy atom. The van der Waals surface area contributed by atoms with Crippen LogP contribution in [0.25, 0.3) is 0 Å². The van der Waals surface area contributed by atoms with Gasteiger partial charge in [0.1, 0.15) is 5.82 Å². The van der Waals surface area contributed by atoms with Gasteiger partial charge < -0.3 is 19.3 Å². The van der Waals surface area contributed by atoms with E-state index in [4.69, 9.17) is 14.5 Å². The predicted molar refractivity (Wildman–Crippen MR) is 72.9 cm³/mol. The maximum atomic E-state index is 5.39. The largest absolute Gasteiger partial charge is 0.378 e. The van der Waals surface area contributed by atoms with Crippen molar-refractivity contribution in [3.8, 4) is 0 Å². The van der Waals surface area contributed by atoms with Gasteiger partial charge in [-0.05, 0) is 6.92 Å². The minimum absolute atomic E-state index is 0.809. The van der Waals surface area contributed by atoms with E-state index in [2.05, 4.69) is 16.7 Å². The molecule has 0 radical (unpaired) electrons. The van der Waals surface area contributed by atoms with Gasteiger partial charge in [0.15, 0.2) is 5.13 Å². The molecule has 5 nitrogen and oxygen atoms in total. The van der Waals surface area contributed by atoms with Crippen LogP contribution >= 0.6 is 11.3 Å². The van der Waals surface area contributed by atoms with Crippen LogP contribution < -0.4 is 9.80 Å². The number of aryl methyl sites for hydroxylation is 1. The summed E-state index contributed by atoms with van der Waals surface area (Å²) in [6.07, 6.45) is 0. The van der Waals surface area contributed by atoms with Gasteiger partial charge in [0.2, 0.25) is 0 Å². The predicted octanol–water partition coefficient (Wildman–Crippen LogP) is 1.12. The van der Waals surface area contributed by atoms with Gasteiger partial charge in [0, 0.05) is 31.1 Å². The van der Waals surface area contributed by atoms with Gasteiger partial charge in [-0.1, -0.05) is 11.3 Å². The molecular formula is C12H19N3O2S. The number of anilines is 2. The zero-order chi connectivity index (χ0) is 12.4. The zero-order valence-corrected chi connectivity index (χ0v) is 11.5. The third-order valence-electron chi connectivity index (χ3n) is 3.35. The minimum Gasteiger partial charge on any atom is -0.378 e. The molecule has 0 aromatic carbocycles. The van der Waals surface area contributed by atoms with E-state index in [0.717, 1.165) is 63.6 Å². The molecule has 2 aliphatic heterocycles. The summed E-state index contributed by atoms with van der Waals surface area (Å²) in [5.41, 5.74) is 0. The standard InChI is InChI=1S/C12H19N3O2S/c1-10-11(14-2-6-16-7-3-14)13-12(18-10)15-4-8-17-9-5-15/h2-9H2,1H3. The van der Waals surface area contributed by atoms with Crippen molar-refractivity contribution in [2.45, 2.75) is 6.92 Å². The molecule has 0 spiro atoms. The maximum Gasteiger partial charge on any atom is 0.187 e. The lowest BCUT2D eigenvalue weighted by molar-refractivity contribution is 0.122. The first kappa shape index (κ1) is 12.2. The molecule has 6 heteroatoms. The van der Waals surface area contributed by atoms with E-state index in [-0.39, 0.29) is 0 Å². The topological polar surface area (TPSA) is 37.8 Å². The molecule has 2 fully saturated rings. The van der Waals surface area contributed by atoms with Crippen LogP contribution in [0.5, 0.6) is 0 Å². The van der Waals surface area contributed by atoms with Crippen LogP contribution in [0.15, 0.2) is 0 Å². The average Bonchev–Trinajstić information content (AvgIpc) is 2.83. The summed E-state index contributed by atoms with van der Waals surface area (Å²) in [6, 6.07) is 0. The van der Waals surface area contributed by atoms with Crippen molar-refractivity contribution in [3.05, 3.63) is 4.88 Å². The highest BCUT2D eigenvalue weighted by Crippen LogP contribution is 2.32. The van der Waals surface area contributed by atoms with E-state index >= 15 is 0 Å². The first-order chi connectivity index (χ1) is 8.84. The first-order valence-electron chi connectivity index (χ1n) is 6.47. The van der Waals surface area contributed by atoms with Gasteiger partial charge >= 0.3 is 0 Å². The van der Waals surface area contributed by atoms with E-state index in [1.165, 1.54) is 4.88 Å². The molecule has 100 valence electrons. The quantitative estimate of drug-likeness (QED) is 0.804. The van der Waals surface area contributed by atoms with Crippen LogP contribution in [0.2, 0.25) is 0 Å². The van der Waals surface area contributed by atoms with Crippen LogP contribution in [0, 0.1) is 6.92 Å². The van der Waals surface area contributed by atoms with Gasteiger partial charge in [-0.25, -0.2) is 4.98 Å². The molecule has 2 aliphatic rings. The molecule has 0 atom stereocenters. The zero-order valence-electron chi connectivity index (χ0n) is 10.7. The fourth-order valence-corrected chi connectivity index (χ4v) is 3.32. The van der Waals surface area contributed by atoms with E-state index in [1.54, 1.807) is 11.3 Å². The van der Waals surface area contributed by atoms with Crippen LogP contribution in [0.1, 0.15) is 4.88 Å². The van der Waals surface area contributed by atoms with Crippen molar-refractivity contribution in [1.82, 2.24) is 4.98 Å². The number of rotatable bonds is 2. The molecule has 2 saturated heterocycles. The van der Waals surface area contributed by atoms with Crippen molar-refractivity contribution in [2.75, 3.05) is 62.4 Å². The highest BCUT2D eigenvalue weighted by molar-refractivity contribution is 7.16. The van der Waals surface area contributed by atoms with Crippen molar-refractivity contribution < 1.29 is 9.47 Å². The van der Waals surface area contributed by atoms with Crippen molar-refractivity contribution in [1.29, 1.82) is 0 Å². The number of nitrogens with zero attached hydrogens (tertiary/aromatic N) is 3. The van der Waals surface area contributed by atoms with Gasteiger partial charge in [0.05, 0.1) is 26.4 Å². The fourth-order valence-electron chi connectivity index (χ4n) is 2.33. The Balaban J connectivity index is 1.76. The monoisotopic (exact) mass is 269 g/mol. The first-order valence-corrected chi connectivity index (χ1v) is 7.29. The number of hydrogen-bond acceptors (Lipinski definition) is 6. The smallest absolute Gasteiger partial charge is 0.187 e. The Hall–Kier alpha value is -0.850. The maximum absolute atomic E-state index is 5.39. The molecular weight excluding hydrogens is 250 g/mol. The van der Waals surface area contributed by atoms with Gasteiger partial charge in [-0.3, -0.25) is 0 Å². The third kappa shape index (κ3) is 2.46. The van der Waals surface area contributed by atoms with Gasteiger partial charge in [-0.15, -0.1) is 0 Å². The Bertz CT molecular complexity index is 398. The highest BCUT2D eigenvalue weighted by atomic mass is 32.1. The second kappa shape index (κ2) is 5.42. The van der Waals surface area contributed by atoms with Crippen LogP contribution in [-0.2, 0) is 9.47 Å². The summed E-state index contributed by atoms with van der Waals surface area (Å²) in [4.78, 5) is 10.8. The summed E-state index contributed by atoms with van der Waals surface area (Å²) < 4.78 is 10.8. The number of hydrogen-bond donors (Lipinski definition) is 0. The van der Waals surface area contributed by atoms with E-state index in [1.807, 2.05) is 0 Å². The molecule has 0 amide bonds. The van der Waals surface area contributed by atoms with Crippen LogP contribution in [-0.4, -0.2) is 57.6 Å². The average molecular weight is 269 g/mol. The number of morpholine rings is 2. The lowest BCUT2D eigenvalue weighted by Crippen LogP contribution is -2.37. The van der Waals surface area contributed by atoms with Crippen LogP contribution in [0.4, 0.5) is 10.9 Å². The fraction of sp³-hybridized carbons (Fsp3) is 0.750. The van der Waals surface area contributed by atoms with Crippen molar-refractivity contribution in [3.63, 3.8) is 0 Å². The molecule has 0 bridgehead atoms. The Kier molecular flexibility index (Phi) is 3.67. The van der Waals surface area contributed by atoms with Crippen LogP contribution in [0.3, 0.4) is 0 Å². The third-order valence-corrected chi connectivity index (χ3v) is 4.37. The number of ether oxygens (including phenoxy) is 2.